The molecule has 0 amide bonds. The molecule has 0 saturated carbocycles. The number of fused-ring (bicyclic) bond motifs is 1. The maximum Gasteiger partial charge on any atom is 0.0795 e. The van der Waals surface area contributed by atoms with E-state index in [4.69, 9.17) is 0 Å². The summed E-state index contributed by atoms with van der Waals surface area (Å²) in [6, 6.07) is 1.22. The quantitative estimate of drug-likeness (QED) is 0.851. The van der Waals surface area contributed by atoms with Crippen molar-refractivity contribution in [3.63, 3.8) is 0 Å². The van der Waals surface area contributed by atoms with Gasteiger partial charge in [0.1, 0.15) is 0 Å². The van der Waals surface area contributed by atoms with Crippen molar-refractivity contribution in [3.05, 3.63) is 16.6 Å². The van der Waals surface area contributed by atoms with Crippen molar-refractivity contribution < 1.29 is 0 Å². The van der Waals surface area contributed by atoms with Crippen molar-refractivity contribution in [1.82, 2.24) is 15.2 Å². The Balaban J connectivity index is 1.68. The van der Waals surface area contributed by atoms with Gasteiger partial charge in [-0.05, 0) is 32.2 Å². The first-order chi connectivity index (χ1) is 7.84. The lowest BCUT2D eigenvalue weighted by atomic mass is 9.94. The predicted molar refractivity (Wildman–Crippen MR) is 66.6 cm³/mol. The summed E-state index contributed by atoms with van der Waals surface area (Å²) >= 11 is 1.70. The lowest BCUT2D eigenvalue weighted by Crippen LogP contribution is -2.40. The molecule has 3 heterocycles. The average Bonchev–Trinajstić information content (AvgIpc) is 2.97. The number of likely N-dealkylation sites (tertiary alicyclic amines) is 1. The fourth-order valence-electron chi connectivity index (χ4n) is 3.01. The molecule has 2 saturated heterocycles. The van der Waals surface area contributed by atoms with E-state index in [1.54, 1.807) is 11.3 Å². The molecule has 0 aromatic carbocycles. The van der Waals surface area contributed by atoms with Crippen molar-refractivity contribution in [1.29, 1.82) is 0 Å². The van der Waals surface area contributed by atoms with Gasteiger partial charge in [0.25, 0.3) is 0 Å². The third kappa shape index (κ3) is 1.90. The van der Waals surface area contributed by atoms with Gasteiger partial charge in [0.15, 0.2) is 0 Å². The summed E-state index contributed by atoms with van der Waals surface area (Å²) < 4.78 is 0. The number of aromatic nitrogens is 1. The third-order valence-electron chi connectivity index (χ3n) is 4.05. The summed E-state index contributed by atoms with van der Waals surface area (Å²) in [4.78, 5) is 7.02. The van der Waals surface area contributed by atoms with Crippen LogP contribution in [0.3, 0.4) is 0 Å². The molecule has 1 aromatic rings. The zero-order valence-corrected chi connectivity index (χ0v) is 10.5. The molecule has 4 heteroatoms. The molecular weight excluding hydrogens is 218 g/mol. The fraction of sp³-hybridized carbons (Fsp3) is 0.750. The highest BCUT2D eigenvalue weighted by Crippen LogP contribution is 2.31. The predicted octanol–water partition coefficient (Wildman–Crippen LogP) is 1.89. The third-order valence-corrected chi connectivity index (χ3v) is 4.66. The van der Waals surface area contributed by atoms with E-state index in [0.29, 0.717) is 6.04 Å². The topological polar surface area (TPSA) is 28.2 Å². The Bertz CT molecular complexity index is 324. The zero-order valence-electron chi connectivity index (χ0n) is 9.72. The molecule has 2 fully saturated rings. The highest BCUT2D eigenvalue weighted by atomic mass is 32.1. The number of thiazole rings is 1. The second-order valence-corrected chi connectivity index (χ2v) is 5.72. The van der Waals surface area contributed by atoms with Gasteiger partial charge in [-0.1, -0.05) is 0 Å². The fourth-order valence-corrected chi connectivity index (χ4v) is 3.65. The number of hydrogen-bond acceptors (Lipinski definition) is 4. The minimum Gasteiger partial charge on any atom is -0.312 e. The van der Waals surface area contributed by atoms with Crippen LogP contribution in [-0.2, 0) is 0 Å². The number of piperidine rings is 1. The maximum atomic E-state index is 4.43. The first kappa shape index (κ1) is 10.7. The van der Waals surface area contributed by atoms with E-state index in [2.05, 4.69) is 27.5 Å². The van der Waals surface area contributed by atoms with Crippen LogP contribution in [-0.4, -0.2) is 35.6 Å². The molecule has 2 aliphatic heterocycles. The monoisotopic (exact) mass is 237 g/mol. The first-order valence-corrected chi connectivity index (χ1v) is 7.14. The lowest BCUT2D eigenvalue weighted by Gasteiger charge is -2.24. The van der Waals surface area contributed by atoms with Crippen molar-refractivity contribution in [2.75, 3.05) is 19.6 Å². The average molecular weight is 237 g/mol. The Morgan fingerprint density at radius 3 is 3.25 bits per heavy atom. The van der Waals surface area contributed by atoms with Crippen molar-refractivity contribution in [2.45, 2.75) is 31.8 Å². The van der Waals surface area contributed by atoms with Crippen LogP contribution in [0.4, 0.5) is 0 Å². The minimum absolute atomic E-state index is 0.485. The molecule has 3 unspecified atom stereocenters. The zero-order chi connectivity index (χ0) is 11.0. The van der Waals surface area contributed by atoms with E-state index in [9.17, 15) is 0 Å². The number of hydrogen-bond donors (Lipinski definition) is 1. The first-order valence-electron chi connectivity index (χ1n) is 6.20. The molecule has 1 N–H and O–H groups in total. The van der Waals surface area contributed by atoms with Crippen LogP contribution in [0.25, 0.3) is 0 Å². The Morgan fingerprint density at radius 1 is 1.56 bits per heavy atom. The Labute approximate surface area is 101 Å². The number of nitrogens with zero attached hydrogens (tertiary/aromatic N) is 2. The maximum absolute atomic E-state index is 4.43. The molecule has 3 rings (SSSR count). The van der Waals surface area contributed by atoms with Crippen LogP contribution in [0.5, 0.6) is 0 Å². The summed E-state index contributed by atoms with van der Waals surface area (Å²) in [6.45, 7) is 5.94. The summed E-state index contributed by atoms with van der Waals surface area (Å²) in [5, 5.41) is 5.83. The summed E-state index contributed by atoms with van der Waals surface area (Å²) in [5.41, 5.74) is 3.18. The van der Waals surface area contributed by atoms with Gasteiger partial charge in [0.2, 0.25) is 0 Å². The Hall–Kier alpha value is -0.450. The lowest BCUT2D eigenvalue weighted by molar-refractivity contribution is 0.247. The SMILES string of the molecule is CC(c1cscn1)N1CC2CCCNC2C1. The van der Waals surface area contributed by atoms with Crippen LogP contribution < -0.4 is 5.32 Å². The van der Waals surface area contributed by atoms with E-state index in [1.165, 1.54) is 38.2 Å². The van der Waals surface area contributed by atoms with Gasteiger partial charge in [-0.2, -0.15) is 0 Å². The molecule has 0 aliphatic carbocycles. The molecule has 0 radical (unpaired) electrons. The van der Waals surface area contributed by atoms with E-state index >= 15 is 0 Å². The molecule has 88 valence electrons. The van der Waals surface area contributed by atoms with E-state index in [1.807, 2.05) is 5.51 Å². The van der Waals surface area contributed by atoms with Crippen molar-refractivity contribution in [3.8, 4) is 0 Å². The smallest absolute Gasteiger partial charge is 0.0795 e. The second kappa shape index (κ2) is 4.43. The largest absolute Gasteiger partial charge is 0.312 e. The Morgan fingerprint density at radius 2 is 2.50 bits per heavy atom. The molecule has 16 heavy (non-hydrogen) atoms. The van der Waals surface area contributed by atoms with Crippen LogP contribution in [0, 0.1) is 5.92 Å². The Kier molecular flexibility index (Phi) is 2.96. The van der Waals surface area contributed by atoms with Crippen molar-refractivity contribution >= 4 is 11.3 Å². The van der Waals surface area contributed by atoms with Gasteiger partial charge in [-0.15, -0.1) is 11.3 Å². The molecule has 1 aromatic heterocycles. The minimum atomic E-state index is 0.485. The molecule has 0 bridgehead atoms. The van der Waals surface area contributed by atoms with Gasteiger partial charge in [-0.3, -0.25) is 4.90 Å². The standard InChI is InChI=1S/C12H19N3S/c1-9(12-7-16-8-14-12)15-5-10-3-2-4-13-11(10)6-15/h7-11,13H,2-6H2,1H3. The van der Waals surface area contributed by atoms with Gasteiger partial charge < -0.3 is 5.32 Å². The highest BCUT2D eigenvalue weighted by molar-refractivity contribution is 7.07. The van der Waals surface area contributed by atoms with Crippen molar-refractivity contribution in [2.24, 2.45) is 5.92 Å². The molecule has 3 nitrogen and oxygen atoms in total. The van der Waals surface area contributed by atoms with Crippen LogP contribution in [0.1, 0.15) is 31.5 Å². The van der Waals surface area contributed by atoms with Gasteiger partial charge >= 0.3 is 0 Å². The van der Waals surface area contributed by atoms with Gasteiger partial charge in [-0.25, -0.2) is 4.98 Å². The normalized spacial score (nSPS) is 32.6. The number of nitrogens with one attached hydrogen (secondary N) is 1. The van der Waals surface area contributed by atoms with E-state index in [-0.39, 0.29) is 0 Å². The molecule has 2 aliphatic rings. The van der Waals surface area contributed by atoms with Crippen LogP contribution >= 0.6 is 11.3 Å². The highest BCUT2D eigenvalue weighted by Gasteiger charge is 2.36. The van der Waals surface area contributed by atoms with Crippen LogP contribution in [0.15, 0.2) is 10.9 Å². The molecule has 3 atom stereocenters. The second-order valence-electron chi connectivity index (χ2n) is 5.01. The summed E-state index contributed by atoms with van der Waals surface area (Å²) in [5.74, 6) is 0.870. The molecular formula is C12H19N3S. The number of rotatable bonds is 2. The summed E-state index contributed by atoms with van der Waals surface area (Å²) in [7, 11) is 0. The molecule has 0 spiro atoms. The summed E-state index contributed by atoms with van der Waals surface area (Å²) in [6.07, 6.45) is 2.75. The van der Waals surface area contributed by atoms with Crippen LogP contribution in [0.2, 0.25) is 0 Å². The van der Waals surface area contributed by atoms with Gasteiger partial charge in [0.05, 0.1) is 17.2 Å². The van der Waals surface area contributed by atoms with Gasteiger partial charge in [0, 0.05) is 24.5 Å². The van der Waals surface area contributed by atoms with E-state index in [0.717, 1.165) is 12.0 Å². The van der Waals surface area contributed by atoms with E-state index < -0.39 is 0 Å².